The number of benzene rings is 2. The summed E-state index contributed by atoms with van der Waals surface area (Å²) in [5, 5.41) is 0. The molecule has 0 saturated heterocycles. The van der Waals surface area contributed by atoms with Gasteiger partial charge in [0.15, 0.2) is 0 Å². The quantitative estimate of drug-likeness (QED) is 0.597. The number of aromatic nitrogens is 2. The first kappa shape index (κ1) is 17.9. The van der Waals surface area contributed by atoms with Crippen LogP contribution in [0.3, 0.4) is 0 Å². The van der Waals surface area contributed by atoms with Gasteiger partial charge >= 0.3 is 0 Å². The van der Waals surface area contributed by atoms with E-state index in [1.165, 1.54) is 5.56 Å². The highest BCUT2D eigenvalue weighted by Gasteiger charge is 2.15. The summed E-state index contributed by atoms with van der Waals surface area (Å²) in [6.07, 6.45) is 0. The van der Waals surface area contributed by atoms with Gasteiger partial charge in [0, 0.05) is 36.2 Å². The van der Waals surface area contributed by atoms with E-state index in [4.69, 9.17) is 9.97 Å². The van der Waals surface area contributed by atoms with E-state index in [2.05, 4.69) is 67.0 Å². The van der Waals surface area contributed by atoms with Crippen molar-refractivity contribution in [3.8, 4) is 0 Å². The normalized spacial score (nSPS) is 10.6. The van der Waals surface area contributed by atoms with Crippen molar-refractivity contribution in [1.82, 2.24) is 9.97 Å². The standard InChI is InChI=1S/C22H26N4/c1-5-25(20-14-10-11-17(3)15-20)21-16-18(4)23-22(24-21)26(6-2)19-12-8-7-9-13-19/h7-16H,5-6H2,1-4H3. The molecule has 0 atom stereocenters. The Morgan fingerprint density at radius 1 is 0.731 bits per heavy atom. The predicted molar refractivity (Wildman–Crippen MR) is 110 cm³/mol. The first-order valence-electron chi connectivity index (χ1n) is 9.14. The molecule has 0 fully saturated rings. The third kappa shape index (κ3) is 3.85. The van der Waals surface area contributed by atoms with Gasteiger partial charge in [-0.3, -0.25) is 0 Å². The first-order chi connectivity index (χ1) is 12.6. The zero-order valence-corrected chi connectivity index (χ0v) is 16.0. The molecule has 0 aliphatic carbocycles. The van der Waals surface area contributed by atoms with Gasteiger partial charge in [0.1, 0.15) is 5.82 Å². The number of anilines is 4. The molecule has 0 aliphatic heterocycles. The van der Waals surface area contributed by atoms with Gasteiger partial charge in [-0.15, -0.1) is 0 Å². The molecule has 26 heavy (non-hydrogen) atoms. The maximum atomic E-state index is 4.90. The maximum absolute atomic E-state index is 4.90. The van der Waals surface area contributed by atoms with Crippen LogP contribution in [0.1, 0.15) is 25.1 Å². The van der Waals surface area contributed by atoms with Crippen LogP contribution >= 0.6 is 0 Å². The van der Waals surface area contributed by atoms with E-state index in [9.17, 15) is 0 Å². The van der Waals surface area contributed by atoms with Crippen LogP contribution in [0.4, 0.5) is 23.1 Å². The van der Waals surface area contributed by atoms with Crippen LogP contribution in [0.5, 0.6) is 0 Å². The average molecular weight is 346 g/mol. The van der Waals surface area contributed by atoms with Gasteiger partial charge in [0.2, 0.25) is 5.95 Å². The molecule has 1 aromatic heterocycles. The number of para-hydroxylation sites is 1. The van der Waals surface area contributed by atoms with Crippen molar-refractivity contribution in [2.24, 2.45) is 0 Å². The number of hydrogen-bond donors (Lipinski definition) is 0. The Balaban J connectivity index is 2.04. The summed E-state index contributed by atoms with van der Waals surface area (Å²) in [6, 6.07) is 20.9. The third-order valence-corrected chi connectivity index (χ3v) is 4.36. The number of aryl methyl sites for hydroxylation is 2. The van der Waals surface area contributed by atoms with Crippen molar-refractivity contribution in [3.05, 3.63) is 71.9 Å². The van der Waals surface area contributed by atoms with E-state index in [1.807, 2.05) is 31.2 Å². The van der Waals surface area contributed by atoms with E-state index in [0.29, 0.717) is 0 Å². The van der Waals surface area contributed by atoms with Crippen LogP contribution in [0.2, 0.25) is 0 Å². The molecule has 134 valence electrons. The molecule has 0 saturated carbocycles. The Labute approximate surface area is 156 Å². The monoisotopic (exact) mass is 346 g/mol. The summed E-state index contributed by atoms with van der Waals surface area (Å²) in [5.41, 5.74) is 4.46. The third-order valence-electron chi connectivity index (χ3n) is 4.36. The van der Waals surface area contributed by atoms with Gasteiger partial charge in [0.25, 0.3) is 0 Å². The molecular weight excluding hydrogens is 320 g/mol. The van der Waals surface area contributed by atoms with Gasteiger partial charge in [-0.1, -0.05) is 30.3 Å². The minimum Gasteiger partial charge on any atom is -0.326 e. The van der Waals surface area contributed by atoms with E-state index >= 15 is 0 Å². The fraction of sp³-hybridized carbons (Fsp3) is 0.273. The molecule has 3 rings (SSSR count). The number of hydrogen-bond acceptors (Lipinski definition) is 4. The number of nitrogens with zero attached hydrogens (tertiary/aromatic N) is 4. The lowest BCUT2D eigenvalue weighted by Gasteiger charge is -2.26. The van der Waals surface area contributed by atoms with Crippen molar-refractivity contribution >= 4 is 23.1 Å². The Kier molecular flexibility index (Phi) is 5.52. The molecule has 0 spiro atoms. The molecule has 3 aromatic rings. The highest BCUT2D eigenvalue weighted by atomic mass is 15.3. The van der Waals surface area contributed by atoms with Crippen LogP contribution < -0.4 is 9.80 Å². The van der Waals surface area contributed by atoms with Crippen molar-refractivity contribution in [2.45, 2.75) is 27.7 Å². The second-order valence-corrected chi connectivity index (χ2v) is 6.33. The molecule has 2 aromatic carbocycles. The first-order valence-corrected chi connectivity index (χ1v) is 9.14. The Morgan fingerprint density at radius 3 is 2.08 bits per heavy atom. The summed E-state index contributed by atoms with van der Waals surface area (Å²) in [7, 11) is 0. The minimum absolute atomic E-state index is 0.736. The van der Waals surface area contributed by atoms with Crippen LogP contribution in [0.15, 0.2) is 60.7 Å². The molecule has 0 N–H and O–H groups in total. The zero-order valence-electron chi connectivity index (χ0n) is 16.0. The molecule has 0 unspecified atom stereocenters. The molecule has 0 aliphatic rings. The van der Waals surface area contributed by atoms with E-state index < -0.39 is 0 Å². The second-order valence-electron chi connectivity index (χ2n) is 6.33. The van der Waals surface area contributed by atoms with Crippen molar-refractivity contribution in [1.29, 1.82) is 0 Å². The zero-order chi connectivity index (χ0) is 18.5. The van der Waals surface area contributed by atoms with Crippen LogP contribution in [0.25, 0.3) is 0 Å². The van der Waals surface area contributed by atoms with Crippen LogP contribution in [-0.4, -0.2) is 23.1 Å². The largest absolute Gasteiger partial charge is 0.326 e. The van der Waals surface area contributed by atoms with E-state index in [0.717, 1.165) is 41.9 Å². The Hall–Kier alpha value is -2.88. The van der Waals surface area contributed by atoms with E-state index in [-0.39, 0.29) is 0 Å². The van der Waals surface area contributed by atoms with Crippen LogP contribution in [0, 0.1) is 13.8 Å². The average Bonchev–Trinajstić information content (AvgIpc) is 2.64. The molecule has 0 amide bonds. The highest BCUT2D eigenvalue weighted by molar-refractivity contribution is 5.64. The van der Waals surface area contributed by atoms with Gasteiger partial charge < -0.3 is 9.80 Å². The van der Waals surface area contributed by atoms with Crippen LogP contribution in [-0.2, 0) is 0 Å². The smallest absolute Gasteiger partial charge is 0.232 e. The van der Waals surface area contributed by atoms with Gasteiger partial charge in [-0.25, -0.2) is 4.98 Å². The summed E-state index contributed by atoms with van der Waals surface area (Å²) >= 11 is 0. The maximum Gasteiger partial charge on any atom is 0.232 e. The SMILES string of the molecule is CCN(c1cccc(C)c1)c1cc(C)nc(N(CC)c2ccccc2)n1. The molecule has 4 heteroatoms. The Bertz CT molecular complexity index is 861. The second kappa shape index (κ2) is 8.00. The number of rotatable bonds is 6. The molecule has 1 heterocycles. The Morgan fingerprint density at radius 2 is 1.42 bits per heavy atom. The molecule has 0 bridgehead atoms. The molecule has 4 nitrogen and oxygen atoms in total. The lowest BCUT2D eigenvalue weighted by molar-refractivity contribution is 0.909. The van der Waals surface area contributed by atoms with Gasteiger partial charge in [-0.05, 0) is 57.5 Å². The summed E-state index contributed by atoms with van der Waals surface area (Å²) < 4.78 is 0. The fourth-order valence-electron chi connectivity index (χ4n) is 3.12. The molecule has 0 radical (unpaired) electrons. The summed E-state index contributed by atoms with van der Waals surface area (Å²) in [5.74, 6) is 1.66. The predicted octanol–water partition coefficient (Wildman–Crippen LogP) is 5.41. The summed E-state index contributed by atoms with van der Waals surface area (Å²) in [4.78, 5) is 14.0. The molecular formula is C22H26N4. The van der Waals surface area contributed by atoms with Gasteiger partial charge in [0.05, 0.1) is 0 Å². The van der Waals surface area contributed by atoms with Crippen molar-refractivity contribution in [3.63, 3.8) is 0 Å². The minimum atomic E-state index is 0.736. The lowest BCUT2D eigenvalue weighted by Crippen LogP contribution is -2.22. The lowest BCUT2D eigenvalue weighted by atomic mass is 10.2. The van der Waals surface area contributed by atoms with Crippen molar-refractivity contribution < 1.29 is 0 Å². The fourth-order valence-corrected chi connectivity index (χ4v) is 3.12. The topological polar surface area (TPSA) is 32.3 Å². The van der Waals surface area contributed by atoms with E-state index in [1.54, 1.807) is 0 Å². The van der Waals surface area contributed by atoms with Gasteiger partial charge in [-0.2, -0.15) is 4.98 Å². The van der Waals surface area contributed by atoms with Crippen molar-refractivity contribution in [2.75, 3.05) is 22.9 Å². The summed E-state index contributed by atoms with van der Waals surface area (Å²) in [6.45, 7) is 10.1. The highest BCUT2D eigenvalue weighted by Crippen LogP contribution is 2.28.